The number of carbonyl (C=O) groups is 4. The lowest BCUT2D eigenvalue weighted by molar-refractivity contribution is -0.120. The van der Waals surface area contributed by atoms with Gasteiger partial charge in [-0.05, 0) is 61.5 Å². The lowest BCUT2D eigenvalue weighted by Gasteiger charge is -2.18. The van der Waals surface area contributed by atoms with Gasteiger partial charge in [0.15, 0.2) is 5.78 Å². The Morgan fingerprint density at radius 3 is 2.26 bits per heavy atom. The molecule has 8 nitrogen and oxygen atoms in total. The van der Waals surface area contributed by atoms with Crippen LogP contribution < -0.4 is 20.3 Å². The molecular formula is C26H20ClN3O5. The fraction of sp³-hybridized carbons (Fsp3) is 0.0769. The second-order valence-corrected chi connectivity index (χ2v) is 7.98. The Balaban J connectivity index is 1.53. The van der Waals surface area contributed by atoms with E-state index < -0.39 is 17.7 Å². The predicted molar refractivity (Wildman–Crippen MR) is 133 cm³/mol. The number of anilines is 3. The molecule has 0 atom stereocenters. The number of Topliss-reactive ketones (excluding diaryl/α,β-unsaturated/α-hetero) is 1. The highest BCUT2D eigenvalue weighted by Crippen LogP contribution is 2.35. The number of nitrogens with zero attached hydrogens (tertiary/aromatic N) is 1. The van der Waals surface area contributed by atoms with Gasteiger partial charge >= 0.3 is 0 Å². The van der Waals surface area contributed by atoms with Crippen molar-refractivity contribution in [2.75, 3.05) is 22.6 Å². The van der Waals surface area contributed by atoms with Gasteiger partial charge < -0.3 is 15.4 Å². The second kappa shape index (κ2) is 9.82. The molecule has 2 N–H and O–H groups in total. The lowest BCUT2D eigenvalue weighted by Crippen LogP contribution is -2.32. The number of benzene rings is 3. The number of para-hydroxylation sites is 2. The lowest BCUT2D eigenvalue weighted by atomic mass is 10.1. The largest absolute Gasteiger partial charge is 0.495 e. The van der Waals surface area contributed by atoms with Gasteiger partial charge in [0.2, 0.25) is 0 Å². The number of halogens is 1. The molecule has 0 aromatic heterocycles. The second-order valence-electron chi connectivity index (χ2n) is 7.60. The number of rotatable bonds is 7. The van der Waals surface area contributed by atoms with Gasteiger partial charge in [-0.15, -0.1) is 0 Å². The maximum absolute atomic E-state index is 13.1. The smallest absolute Gasteiger partial charge is 0.283 e. The Labute approximate surface area is 206 Å². The van der Waals surface area contributed by atoms with Gasteiger partial charge in [-0.3, -0.25) is 19.2 Å². The van der Waals surface area contributed by atoms with E-state index in [0.29, 0.717) is 28.3 Å². The summed E-state index contributed by atoms with van der Waals surface area (Å²) in [6, 6.07) is 19.5. The van der Waals surface area contributed by atoms with E-state index in [4.69, 9.17) is 16.3 Å². The summed E-state index contributed by atoms with van der Waals surface area (Å²) in [5.41, 5.74) is 1.91. The van der Waals surface area contributed by atoms with Crippen LogP contribution in [0.15, 0.2) is 83.5 Å². The summed E-state index contributed by atoms with van der Waals surface area (Å²) in [6.07, 6.45) is 0. The molecule has 0 bridgehead atoms. The molecule has 3 aromatic carbocycles. The molecule has 1 aliphatic heterocycles. The zero-order valence-electron chi connectivity index (χ0n) is 18.8. The summed E-state index contributed by atoms with van der Waals surface area (Å²) in [7, 11) is 1.44. The van der Waals surface area contributed by atoms with Crippen LogP contribution in [0.4, 0.5) is 17.1 Å². The molecule has 0 saturated carbocycles. The maximum atomic E-state index is 13.1. The molecule has 1 aliphatic rings. The Morgan fingerprint density at radius 2 is 1.57 bits per heavy atom. The molecule has 3 amide bonds. The highest BCUT2D eigenvalue weighted by Gasteiger charge is 2.40. The van der Waals surface area contributed by atoms with Gasteiger partial charge in [0.05, 0.1) is 12.8 Å². The summed E-state index contributed by atoms with van der Waals surface area (Å²) in [6.45, 7) is 1.46. The van der Waals surface area contributed by atoms with E-state index in [2.05, 4.69) is 10.6 Å². The Bertz CT molecular complexity index is 1380. The van der Waals surface area contributed by atoms with Gasteiger partial charge in [-0.25, -0.2) is 4.90 Å². The molecule has 0 spiro atoms. The molecule has 0 unspecified atom stereocenters. The van der Waals surface area contributed by atoms with Crippen LogP contribution in [-0.2, 0) is 9.59 Å². The van der Waals surface area contributed by atoms with Crippen molar-refractivity contribution >= 4 is 52.2 Å². The average molecular weight is 490 g/mol. The topological polar surface area (TPSA) is 105 Å². The van der Waals surface area contributed by atoms with Crippen molar-refractivity contribution in [2.24, 2.45) is 0 Å². The minimum Gasteiger partial charge on any atom is -0.495 e. The Morgan fingerprint density at radius 1 is 0.857 bits per heavy atom. The van der Waals surface area contributed by atoms with Crippen LogP contribution in [0.25, 0.3) is 0 Å². The zero-order chi connectivity index (χ0) is 25.1. The summed E-state index contributed by atoms with van der Waals surface area (Å²) in [5.74, 6) is -1.46. The Hall–Kier alpha value is -4.43. The van der Waals surface area contributed by atoms with Crippen LogP contribution in [0.1, 0.15) is 27.6 Å². The van der Waals surface area contributed by atoms with Crippen molar-refractivity contribution in [2.45, 2.75) is 6.92 Å². The molecule has 0 fully saturated rings. The molecule has 4 rings (SSSR count). The third-order valence-corrected chi connectivity index (χ3v) is 5.65. The monoisotopic (exact) mass is 489 g/mol. The maximum Gasteiger partial charge on any atom is 0.283 e. The van der Waals surface area contributed by atoms with E-state index in [9.17, 15) is 19.2 Å². The first-order chi connectivity index (χ1) is 16.8. The minimum atomic E-state index is -0.688. The quantitative estimate of drug-likeness (QED) is 0.371. The van der Waals surface area contributed by atoms with Crippen LogP contribution in [0.5, 0.6) is 5.75 Å². The fourth-order valence-electron chi connectivity index (χ4n) is 3.52. The van der Waals surface area contributed by atoms with Crippen LogP contribution in [-0.4, -0.2) is 30.6 Å². The minimum absolute atomic E-state index is 0.0705. The van der Waals surface area contributed by atoms with Crippen molar-refractivity contribution in [3.05, 3.63) is 94.7 Å². The molecule has 9 heteroatoms. The molecular weight excluding hydrogens is 470 g/mol. The number of ether oxygens (including phenoxy) is 1. The van der Waals surface area contributed by atoms with Crippen LogP contribution >= 0.6 is 11.6 Å². The first-order valence-corrected chi connectivity index (χ1v) is 10.9. The molecule has 1 heterocycles. The Kier molecular flexibility index (Phi) is 6.66. The van der Waals surface area contributed by atoms with Crippen molar-refractivity contribution in [1.29, 1.82) is 0 Å². The molecule has 0 saturated heterocycles. The average Bonchev–Trinajstić information content (AvgIpc) is 3.07. The van der Waals surface area contributed by atoms with Crippen LogP contribution in [0.2, 0.25) is 0 Å². The van der Waals surface area contributed by atoms with Crippen LogP contribution in [0, 0.1) is 0 Å². The highest BCUT2D eigenvalue weighted by molar-refractivity contribution is 6.53. The van der Waals surface area contributed by atoms with E-state index >= 15 is 0 Å². The van der Waals surface area contributed by atoms with Crippen molar-refractivity contribution in [1.82, 2.24) is 0 Å². The van der Waals surface area contributed by atoms with Gasteiger partial charge in [0.25, 0.3) is 17.7 Å². The van der Waals surface area contributed by atoms with E-state index in [1.165, 1.54) is 20.1 Å². The van der Waals surface area contributed by atoms with Crippen LogP contribution in [0.3, 0.4) is 0 Å². The van der Waals surface area contributed by atoms with E-state index in [-0.39, 0.29) is 22.2 Å². The third kappa shape index (κ3) is 4.78. The normalized spacial score (nSPS) is 13.2. The molecule has 176 valence electrons. The molecule has 0 aliphatic carbocycles. The third-order valence-electron chi connectivity index (χ3n) is 5.30. The number of carbonyl (C=O) groups excluding carboxylic acids is 4. The summed E-state index contributed by atoms with van der Waals surface area (Å²) < 4.78 is 5.26. The first kappa shape index (κ1) is 23.7. The van der Waals surface area contributed by atoms with Crippen molar-refractivity contribution < 1.29 is 23.9 Å². The van der Waals surface area contributed by atoms with E-state index in [1.807, 2.05) is 0 Å². The molecule has 3 aromatic rings. The number of imide groups is 1. The molecule has 0 radical (unpaired) electrons. The first-order valence-electron chi connectivity index (χ1n) is 10.5. The predicted octanol–water partition coefficient (Wildman–Crippen LogP) is 4.59. The number of ketones is 1. The highest BCUT2D eigenvalue weighted by atomic mass is 35.5. The van der Waals surface area contributed by atoms with Gasteiger partial charge in [0.1, 0.15) is 16.5 Å². The summed E-state index contributed by atoms with van der Waals surface area (Å²) >= 11 is 6.22. The van der Waals surface area contributed by atoms with Crippen molar-refractivity contribution in [3.63, 3.8) is 0 Å². The van der Waals surface area contributed by atoms with E-state index in [1.54, 1.807) is 66.7 Å². The number of hydrogen-bond donors (Lipinski definition) is 2. The fourth-order valence-corrected chi connectivity index (χ4v) is 3.73. The van der Waals surface area contributed by atoms with Gasteiger partial charge in [0, 0.05) is 22.5 Å². The number of methoxy groups -OCH3 is 1. The molecule has 35 heavy (non-hydrogen) atoms. The van der Waals surface area contributed by atoms with E-state index in [0.717, 1.165) is 4.90 Å². The zero-order valence-corrected chi connectivity index (χ0v) is 19.6. The van der Waals surface area contributed by atoms with Gasteiger partial charge in [-0.2, -0.15) is 0 Å². The SMILES string of the molecule is COc1ccccc1N1C(=O)C(Cl)=C(Nc2cccc(C(=O)Nc3ccc(C(C)=O)cc3)c2)C1=O. The number of amides is 3. The summed E-state index contributed by atoms with van der Waals surface area (Å²) in [4.78, 5) is 50.9. The van der Waals surface area contributed by atoms with Crippen molar-refractivity contribution in [3.8, 4) is 5.75 Å². The summed E-state index contributed by atoms with van der Waals surface area (Å²) in [5, 5.41) is 5.34. The number of nitrogens with one attached hydrogen (secondary N) is 2. The van der Waals surface area contributed by atoms with Gasteiger partial charge in [-0.1, -0.05) is 29.8 Å². The number of hydrogen-bond acceptors (Lipinski definition) is 6. The standard InChI is InChI=1S/C26H20ClN3O5/c1-15(31)16-10-12-18(13-11-16)29-24(32)17-6-5-7-19(14-17)28-23-22(27)25(33)30(26(23)34)20-8-3-4-9-21(20)35-2/h3-14,28H,1-2H3,(H,29,32).